The summed E-state index contributed by atoms with van der Waals surface area (Å²) in [5.74, 6) is 1.12. The van der Waals surface area contributed by atoms with Gasteiger partial charge in [0.05, 0.1) is 13.2 Å². The normalized spacial score (nSPS) is 19.4. The van der Waals surface area contributed by atoms with E-state index in [1.807, 2.05) is 42.5 Å². The third kappa shape index (κ3) is 3.13. The molecule has 0 fully saturated rings. The lowest BCUT2D eigenvalue weighted by Gasteiger charge is -2.23. The molecule has 2 aromatic carbocycles. The van der Waals surface area contributed by atoms with Gasteiger partial charge in [-0.25, -0.2) is 0 Å². The SMILES string of the molecule is COc1ccc(/C=C/[C@H]2NS(=O)(=O)Oc3ccccc32)cc1. The molecule has 0 aromatic heterocycles. The molecule has 22 heavy (non-hydrogen) atoms. The van der Waals surface area contributed by atoms with E-state index in [1.54, 1.807) is 25.3 Å². The quantitative estimate of drug-likeness (QED) is 0.945. The van der Waals surface area contributed by atoms with Gasteiger partial charge in [-0.05, 0) is 23.8 Å². The van der Waals surface area contributed by atoms with Crippen molar-refractivity contribution < 1.29 is 17.3 Å². The molecule has 0 spiro atoms. The highest BCUT2D eigenvalue weighted by Crippen LogP contribution is 2.32. The summed E-state index contributed by atoms with van der Waals surface area (Å²) >= 11 is 0. The lowest BCUT2D eigenvalue weighted by molar-refractivity contribution is 0.415. The first-order valence-electron chi connectivity index (χ1n) is 6.70. The highest BCUT2D eigenvalue weighted by atomic mass is 32.2. The maximum absolute atomic E-state index is 11.7. The van der Waals surface area contributed by atoms with Crippen LogP contribution in [0.25, 0.3) is 6.08 Å². The standard InChI is InChI=1S/C16H15NO4S/c1-20-13-9-6-12(7-10-13)8-11-15-14-4-2-3-5-16(14)21-22(18,19)17-15/h2-11,15,17H,1H3/b11-8+/t15-/m1/s1. The molecule has 1 aliphatic heterocycles. The van der Waals surface area contributed by atoms with Gasteiger partial charge in [0.25, 0.3) is 0 Å². The van der Waals surface area contributed by atoms with E-state index < -0.39 is 16.3 Å². The summed E-state index contributed by atoms with van der Waals surface area (Å²) in [5.41, 5.74) is 1.73. The van der Waals surface area contributed by atoms with E-state index in [9.17, 15) is 8.42 Å². The maximum atomic E-state index is 11.7. The average Bonchev–Trinajstić information content (AvgIpc) is 2.52. The van der Waals surface area contributed by atoms with Gasteiger partial charge in [0.2, 0.25) is 0 Å². The Morgan fingerprint density at radius 1 is 1.14 bits per heavy atom. The molecule has 1 N–H and O–H groups in total. The number of hydrogen-bond donors (Lipinski definition) is 1. The minimum Gasteiger partial charge on any atom is -0.497 e. The largest absolute Gasteiger partial charge is 0.497 e. The van der Waals surface area contributed by atoms with Gasteiger partial charge >= 0.3 is 10.3 Å². The summed E-state index contributed by atoms with van der Waals surface area (Å²) in [6, 6.07) is 14.1. The van der Waals surface area contributed by atoms with Crippen molar-refractivity contribution in [1.82, 2.24) is 4.72 Å². The van der Waals surface area contributed by atoms with E-state index in [-0.39, 0.29) is 0 Å². The molecule has 1 aliphatic rings. The smallest absolute Gasteiger partial charge is 0.383 e. The van der Waals surface area contributed by atoms with E-state index in [0.717, 1.165) is 16.9 Å². The van der Waals surface area contributed by atoms with Crippen LogP contribution in [0, 0.1) is 0 Å². The van der Waals surface area contributed by atoms with Crippen molar-refractivity contribution in [3.05, 3.63) is 65.7 Å². The molecule has 2 aromatic rings. The third-order valence-corrected chi connectivity index (χ3v) is 4.26. The summed E-state index contributed by atoms with van der Waals surface area (Å²) in [5, 5.41) is 0. The topological polar surface area (TPSA) is 64.6 Å². The Morgan fingerprint density at radius 2 is 1.86 bits per heavy atom. The van der Waals surface area contributed by atoms with E-state index in [2.05, 4.69) is 4.72 Å². The van der Waals surface area contributed by atoms with Gasteiger partial charge in [0.15, 0.2) is 0 Å². The second-order valence-electron chi connectivity index (χ2n) is 4.80. The molecule has 114 valence electrons. The molecule has 0 unspecified atom stereocenters. The van der Waals surface area contributed by atoms with Crippen LogP contribution in [0.3, 0.4) is 0 Å². The first kappa shape index (κ1) is 14.6. The number of ether oxygens (including phenoxy) is 1. The zero-order valence-corrected chi connectivity index (χ0v) is 12.7. The Bertz CT molecular complexity index is 797. The van der Waals surface area contributed by atoms with Crippen molar-refractivity contribution in [2.75, 3.05) is 7.11 Å². The number of rotatable bonds is 3. The minimum atomic E-state index is -3.78. The Kier molecular flexibility index (Phi) is 3.87. The summed E-state index contributed by atoms with van der Waals surface area (Å²) in [7, 11) is -2.17. The Morgan fingerprint density at radius 3 is 2.59 bits per heavy atom. The Balaban J connectivity index is 1.89. The molecule has 5 nitrogen and oxygen atoms in total. The van der Waals surface area contributed by atoms with Crippen molar-refractivity contribution in [1.29, 1.82) is 0 Å². The molecule has 6 heteroatoms. The Hall–Kier alpha value is -2.31. The van der Waals surface area contributed by atoms with Crippen molar-refractivity contribution >= 4 is 16.4 Å². The van der Waals surface area contributed by atoms with E-state index in [0.29, 0.717) is 5.75 Å². The Labute approximate surface area is 129 Å². The summed E-state index contributed by atoms with van der Waals surface area (Å²) in [6.07, 6.45) is 3.65. The van der Waals surface area contributed by atoms with Crippen LogP contribution < -0.4 is 13.6 Å². The zero-order valence-electron chi connectivity index (χ0n) is 11.9. The molecule has 0 aliphatic carbocycles. The lowest BCUT2D eigenvalue weighted by Crippen LogP contribution is -2.35. The number of hydrogen-bond acceptors (Lipinski definition) is 4. The van der Waals surface area contributed by atoms with Gasteiger partial charge in [-0.2, -0.15) is 13.1 Å². The third-order valence-electron chi connectivity index (χ3n) is 3.32. The monoisotopic (exact) mass is 317 g/mol. The van der Waals surface area contributed by atoms with E-state index >= 15 is 0 Å². The van der Waals surface area contributed by atoms with Gasteiger partial charge in [-0.3, -0.25) is 0 Å². The fourth-order valence-corrected chi connectivity index (χ4v) is 3.19. The van der Waals surface area contributed by atoms with Crippen LogP contribution in [0.5, 0.6) is 11.5 Å². The van der Waals surface area contributed by atoms with Crippen molar-refractivity contribution in [3.63, 3.8) is 0 Å². The minimum absolute atomic E-state index is 0.352. The molecule has 0 saturated carbocycles. The second-order valence-corrected chi connectivity index (χ2v) is 6.11. The van der Waals surface area contributed by atoms with Crippen molar-refractivity contribution in [2.24, 2.45) is 0 Å². The molecule has 0 saturated heterocycles. The molecule has 0 bridgehead atoms. The zero-order chi connectivity index (χ0) is 15.6. The fraction of sp³-hybridized carbons (Fsp3) is 0.125. The van der Waals surface area contributed by atoms with Crippen LogP contribution in [0.4, 0.5) is 0 Å². The van der Waals surface area contributed by atoms with E-state index in [1.165, 1.54) is 0 Å². The predicted octanol–water partition coefficient (Wildman–Crippen LogP) is 2.68. The van der Waals surface area contributed by atoms with Crippen LogP contribution in [-0.4, -0.2) is 15.5 Å². The number of methoxy groups -OCH3 is 1. The first-order valence-corrected chi connectivity index (χ1v) is 8.11. The summed E-state index contributed by atoms with van der Waals surface area (Å²) in [4.78, 5) is 0. The molecule has 1 heterocycles. The van der Waals surface area contributed by atoms with Gasteiger partial charge in [-0.15, -0.1) is 0 Å². The number of para-hydroxylation sites is 1. The molecule has 1 atom stereocenters. The summed E-state index contributed by atoms with van der Waals surface area (Å²) in [6.45, 7) is 0. The summed E-state index contributed by atoms with van der Waals surface area (Å²) < 4.78 is 36.0. The van der Waals surface area contributed by atoms with Crippen LogP contribution in [0.1, 0.15) is 17.2 Å². The van der Waals surface area contributed by atoms with Crippen LogP contribution in [0.2, 0.25) is 0 Å². The number of benzene rings is 2. The average molecular weight is 317 g/mol. The van der Waals surface area contributed by atoms with Crippen molar-refractivity contribution in [3.8, 4) is 11.5 Å². The molecule has 3 rings (SSSR count). The van der Waals surface area contributed by atoms with Gasteiger partial charge < -0.3 is 8.92 Å². The predicted molar refractivity (Wildman–Crippen MR) is 83.9 cm³/mol. The molecular formula is C16H15NO4S. The highest BCUT2D eigenvalue weighted by molar-refractivity contribution is 7.85. The molecule has 0 amide bonds. The van der Waals surface area contributed by atoms with Gasteiger partial charge in [0, 0.05) is 5.56 Å². The van der Waals surface area contributed by atoms with E-state index in [4.69, 9.17) is 8.92 Å². The number of fused-ring (bicyclic) bond motifs is 1. The van der Waals surface area contributed by atoms with Gasteiger partial charge in [-0.1, -0.05) is 42.5 Å². The van der Waals surface area contributed by atoms with Gasteiger partial charge in [0.1, 0.15) is 11.5 Å². The molecule has 0 radical (unpaired) electrons. The van der Waals surface area contributed by atoms with Crippen LogP contribution in [-0.2, 0) is 10.3 Å². The van der Waals surface area contributed by atoms with Crippen LogP contribution >= 0.6 is 0 Å². The lowest BCUT2D eigenvalue weighted by atomic mass is 10.0. The highest BCUT2D eigenvalue weighted by Gasteiger charge is 2.28. The first-order chi connectivity index (χ1) is 10.6. The van der Waals surface area contributed by atoms with Crippen LogP contribution in [0.15, 0.2) is 54.6 Å². The number of nitrogens with one attached hydrogen (secondary N) is 1. The van der Waals surface area contributed by atoms with Crippen molar-refractivity contribution in [2.45, 2.75) is 6.04 Å². The molecular weight excluding hydrogens is 302 g/mol. The fourth-order valence-electron chi connectivity index (χ4n) is 2.24. The maximum Gasteiger partial charge on any atom is 0.383 e. The second kappa shape index (κ2) is 5.82.